The molecule has 0 spiro atoms. The highest BCUT2D eigenvalue weighted by Crippen LogP contribution is 2.12. The van der Waals surface area contributed by atoms with Crippen molar-refractivity contribution in [3.63, 3.8) is 0 Å². The summed E-state index contributed by atoms with van der Waals surface area (Å²) in [6.07, 6.45) is -0.00258. The fraction of sp³-hybridized carbons (Fsp3) is 1.00. The predicted octanol–water partition coefficient (Wildman–Crippen LogP) is -0.517. The summed E-state index contributed by atoms with van der Waals surface area (Å²) in [4.78, 5) is 0. The lowest BCUT2D eigenvalue weighted by molar-refractivity contribution is -0.0288. The Morgan fingerprint density at radius 1 is 1.23 bits per heavy atom. The Kier molecular flexibility index (Phi) is 3.13. The summed E-state index contributed by atoms with van der Waals surface area (Å²) in [5, 5.41) is 9.36. The standard InChI is InChI=1S/C8H14O5/c9-6(3-11-8-5-13-8)1-2-10-7-4-12-7/h6-9H,1-5H2. The number of aliphatic hydroxyl groups is 1. The molecule has 2 saturated heterocycles. The van der Waals surface area contributed by atoms with E-state index in [0.717, 1.165) is 0 Å². The first-order chi connectivity index (χ1) is 6.34. The van der Waals surface area contributed by atoms with Crippen molar-refractivity contribution in [2.45, 2.75) is 25.1 Å². The Labute approximate surface area is 76.5 Å². The molecular formula is C8H14O5. The van der Waals surface area contributed by atoms with Crippen LogP contribution < -0.4 is 0 Å². The number of rotatable bonds is 7. The molecule has 0 radical (unpaired) electrons. The van der Waals surface area contributed by atoms with Gasteiger partial charge in [-0.15, -0.1) is 0 Å². The third kappa shape index (κ3) is 4.02. The monoisotopic (exact) mass is 190 g/mol. The van der Waals surface area contributed by atoms with Gasteiger partial charge < -0.3 is 24.1 Å². The summed E-state index contributed by atoms with van der Waals surface area (Å²) in [5.74, 6) is 0. The van der Waals surface area contributed by atoms with Crippen LogP contribution in [-0.4, -0.2) is 50.2 Å². The zero-order chi connectivity index (χ0) is 9.10. The Morgan fingerprint density at radius 2 is 1.85 bits per heavy atom. The van der Waals surface area contributed by atoms with Crippen molar-refractivity contribution in [1.29, 1.82) is 0 Å². The number of ether oxygens (including phenoxy) is 4. The van der Waals surface area contributed by atoms with Crippen LogP contribution in [0.2, 0.25) is 0 Å². The molecule has 0 bridgehead atoms. The summed E-state index contributed by atoms with van der Waals surface area (Å²) in [6.45, 7) is 2.17. The lowest BCUT2D eigenvalue weighted by Gasteiger charge is -2.09. The second-order valence-electron chi connectivity index (χ2n) is 3.17. The highest BCUT2D eigenvalue weighted by molar-refractivity contribution is 4.61. The van der Waals surface area contributed by atoms with Crippen LogP contribution in [0.1, 0.15) is 6.42 Å². The van der Waals surface area contributed by atoms with Crippen LogP contribution in [-0.2, 0) is 18.9 Å². The van der Waals surface area contributed by atoms with Gasteiger partial charge in [-0.25, -0.2) is 0 Å². The fourth-order valence-electron chi connectivity index (χ4n) is 0.908. The van der Waals surface area contributed by atoms with Gasteiger partial charge in [-0.3, -0.25) is 0 Å². The maximum absolute atomic E-state index is 9.36. The van der Waals surface area contributed by atoms with Gasteiger partial charge in [0, 0.05) is 0 Å². The summed E-state index contributed by atoms with van der Waals surface area (Å²) in [7, 11) is 0. The zero-order valence-electron chi connectivity index (χ0n) is 7.35. The van der Waals surface area contributed by atoms with Gasteiger partial charge in [0.15, 0.2) is 12.6 Å². The Hall–Kier alpha value is -0.200. The molecule has 3 atom stereocenters. The lowest BCUT2D eigenvalue weighted by Crippen LogP contribution is -2.19. The van der Waals surface area contributed by atoms with E-state index in [-0.39, 0.29) is 12.6 Å². The molecule has 76 valence electrons. The SMILES string of the molecule is OC(CCOC1CO1)COC1CO1. The van der Waals surface area contributed by atoms with Crippen molar-refractivity contribution in [1.82, 2.24) is 0 Å². The number of aliphatic hydroxyl groups excluding tert-OH is 1. The van der Waals surface area contributed by atoms with Gasteiger partial charge in [0.05, 0.1) is 19.3 Å². The largest absolute Gasteiger partial charge is 0.391 e. The number of hydrogen-bond acceptors (Lipinski definition) is 5. The highest BCUT2D eigenvalue weighted by atomic mass is 16.8. The van der Waals surface area contributed by atoms with Crippen molar-refractivity contribution in [3.8, 4) is 0 Å². The molecule has 2 fully saturated rings. The van der Waals surface area contributed by atoms with E-state index in [1.165, 1.54) is 0 Å². The molecule has 3 unspecified atom stereocenters. The van der Waals surface area contributed by atoms with E-state index in [1.807, 2.05) is 0 Å². The molecule has 0 amide bonds. The van der Waals surface area contributed by atoms with E-state index in [2.05, 4.69) is 0 Å². The molecule has 2 aliphatic rings. The van der Waals surface area contributed by atoms with Gasteiger partial charge in [0.2, 0.25) is 0 Å². The van der Waals surface area contributed by atoms with Crippen molar-refractivity contribution in [3.05, 3.63) is 0 Å². The molecule has 2 heterocycles. The fourth-order valence-corrected chi connectivity index (χ4v) is 0.908. The minimum Gasteiger partial charge on any atom is -0.391 e. The molecule has 0 aromatic heterocycles. The van der Waals surface area contributed by atoms with Crippen molar-refractivity contribution in [2.24, 2.45) is 0 Å². The summed E-state index contributed by atoms with van der Waals surface area (Å²) < 4.78 is 20.0. The van der Waals surface area contributed by atoms with Gasteiger partial charge in [0.25, 0.3) is 0 Å². The predicted molar refractivity (Wildman–Crippen MR) is 42.0 cm³/mol. The van der Waals surface area contributed by atoms with Gasteiger partial charge in [-0.1, -0.05) is 0 Å². The number of hydrogen-bond donors (Lipinski definition) is 1. The quantitative estimate of drug-likeness (QED) is 0.547. The molecule has 0 saturated carbocycles. The minimum atomic E-state index is -0.469. The molecule has 2 rings (SSSR count). The first kappa shape index (κ1) is 9.36. The highest BCUT2D eigenvalue weighted by Gasteiger charge is 2.25. The van der Waals surface area contributed by atoms with Crippen molar-refractivity contribution < 1.29 is 24.1 Å². The van der Waals surface area contributed by atoms with Crippen molar-refractivity contribution in [2.75, 3.05) is 26.4 Å². The second-order valence-corrected chi connectivity index (χ2v) is 3.17. The van der Waals surface area contributed by atoms with Crippen LogP contribution in [0.5, 0.6) is 0 Å². The third-order valence-corrected chi connectivity index (χ3v) is 1.83. The van der Waals surface area contributed by atoms with E-state index in [0.29, 0.717) is 32.8 Å². The van der Waals surface area contributed by atoms with E-state index in [9.17, 15) is 5.11 Å². The topological polar surface area (TPSA) is 63.8 Å². The molecule has 13 heavy (non-hydrogen) atoms. The molecular weight excluding hydrogens is 176 g/mol. The van der Waals surface area contributed by atoms with Gasteiger partial charge in [-0.2, -0.15) is 0 Å². The van der Waals surface area contributed by atoms with Crippen LogP contribution >= 0.6 is 0 Å². The van der Waals surface area contributed by atoms with E-state index in [1.54, 1.807) is 0 Å². The summed E-state index contributed by atoms with van der Waals surface area (Å²) >= 11 is 0. The van der Waals surface area contributed by atoms with Crippen LogP contribution in [0.15, 0.2) is 0 Å². The first-order valence-electron chi connectivity index (χ1n) is 4.49. The van der Waals surface area contributed by atoms with E-state index >= 15 is 0 Å². The van der Waals surface area contributed by atoms with Crippen LogP contribution in [0.25, 0.3) is 0 Å². The Morgan fingerprint density at radius 3 is 2.46 bits per heavy atom. The number of epoxide rings is 2. The smallest absolute Gasteiger partial charge is 0.181 e. The molecule has 1 N–H and O–H groups in total. The lowest BCUT2D eigenvalue weighted by atomic mass is 10.3. The van der Waals surface area contributed by atoms with Gasteiger partial charge >= 0.3 is 0 Å². The Bertz CT molecular complexity index is 155. The van der Waals surface area contributed by atoms with E-state index < -0.39 is 6.10 Å². The zero-order valence-corrected chi connectivity index (χ0v) is 7.35. The molecule has 5 heteroatoms. The average molecular weight is 190 g/mol. The first-order valence-corrected chi connectivity index (χ1v) is 4.49. The third-order valence-electron chi connectivity index (χ3n) is 1.83. The normalized spacial score (nSPS) is 33.0. The Balaban J connectivity index is 1.42. The molecule has 5 nitrogen and oxygen atoms in total. The van der Waals surface area contributed by atoms with E-state index in [4.69, 9.17) is 18.9 Å². The molecule has 0 aliphatic carbocycles. The van der Waals surface area contributed by atoms with Crippen LogP contribution in [0.3, 0.4) is 0 Å². The molecule has 2 aliphatic heterocycles. The summed E-state index contributed by atoms with van der Waals surface area (Å²) in [6, 6.07) is 0. The minimum absolute atomic E-state index is 0.0279. The summed E-state index contributed by atoms with van der Waals surface area (Å²) in [5.41, 5.74) is 0. The average Bonchev–Trinajstić information content (AvgIpc) is 2.97. The maximum Gasteiger partial charge on any atom is 0.181 e. The molecule has 0 aromatic rings. The molecule has 0 aromatic carbocycles. The van der Waals surface area contributed by atoms with Crippen LogP contribution in [0, 0.1) is 0 Å². The van der Waals surface area contributed by atoms with Gasteiger partial charge in [-0.05, 0) is 6.42 Å². The van der Waals surface area contributed by atoms with Crippen molar-refractivity contribution >= 4 is 0 Å². The second kappa shape index (κ2) is 4.34. The maximum atomic E-state index is 9.36. The van der Waals surface area contributed by atoms with Gasteiger partial charge in [0.1, 0.15) is 13.2 Å². The van der Waals surface area contributed by atoms with Crippen LogP contribution in [0.4, 0.5) is 0 Å².